The maximum absolute atomic E-state index is 12.5. The third kappa shape index (κ3) is 5.94. The van der Waals surface area contributed by atoms with Crippen LogP contribution in [-0.4, -0.2) is 28.6 Å². The van der Waals surface area contributed by atoms with Crippen molar-refractivity contribution >= 4 is 23.6 Å². The molecule has 0 radical (unpaired) electrons. The van der Waals surface area contributed by atoms with E-state index in [0.29, 0.717) is 17.9 Å². The zero-order valence-electron chi connectivity index (χ0n) is 16.3. The molecule has 1 aliphatic heterocycles. The van der Waals surface area contributed by atoms with Gasteiger partial charge in [0.1, 0.15) is 5.78 Å². The summed E-state index contributed by atoms with van der Waals surface area (Å²) in [7, 11) is 0. The fourth-order valence-electron chi connectivity index (χ4n) is 3.44. The predicted octanol–water partition coefficient (Wildman–Crippen LogP) is 3.43. The largest absolute Gasteiger partial charge is 0.338 e. The van der Waals surface area contributed by atoms with Crippen LogP contribution < -0.4 is 0 Å². The number of ketones is 1. The monoisotopic (exact) mass is 353 g/mol. The first-order valence-corrected chi connectivity index (χ1v) is 9.00. The van der Waals surface area contributed by atoms with Crippen LogP contribution in [0.5, 0.6) is 0 Å². The van der Waals surface area contributed by atoms with Crippen LogP contribution in [0, 0.1) is 16.7 Å². The van der Waals surface area contributed by atoms with E-state index in [0.717, 1.165) is 12.8 Å². The first-order valence-electron chi connectivity index (χ1n) is 9.00. The van der Waals surface area contributed by atoms with Gasteiger partial charge in [0, 0.05) is 25.2 Å². The molecule has 6 nitrogen and oxygen atoms in total. The van der Waals surface area contributed by atoms with Crippen molar-refractivity contribution < 1.29 is 24.0 Å². The van der Waals surface area contributed by atoms with E-state index in [1.165, 1.54) is 0 Å². The molecule has 1 unspecified atom stereocenters. The number of carbonyl (C=O) groups is 4. The summed E-state index contributed by atoms with van der Waals surface area (Å²) in [6, 6.07) is 0. The number of nitrogens with zero attached hydrogens (tertiary/aromatic N) is 1. The Kier molecular flexibility index (Phi) is 6.91. The number of amides is 2. The third-order valence-electron chi connectivity index (χ3n) is 4.58. The fraction of sp³-hybridized carbons (Fsp3) is 0.789. The number of Topliss-reactive ketones (excluding diaryl/α,β-unsaturated/α-hetero) is 1. The van der Waals surface area contributed by atoms with Crippen LogP contribution in [0.4, 0.5) is 0 Å². The molecule has 0 aromatic carbocycles. The Bertz CT molecular complexity index is 534. The van der Waals surface area contributed by atoms with Crippen LogP contribution in [0.1, 0.15) is 80.1 Å². The van der Waals surface area contributed by atoms with Crippen molar-refractivity contribution in [2.24, 2.45) is 16.7 Å². The van der Waals surface area contributed by atoms with Gasteiger partial charge in [-0.15, -0.1) is 5.06 Å². The number of hydroxylamine groups is 2. The Morgan fingerprint density at radius 3 is 2.12 bits per heavy atom. The highest BCUT2D eigenvalue weighted by Gasteiger charge is 2.41. The molecule has 1 aliphatic rings. The number of hydrogen-bond donors (Lipinski definition) is 0. The van der Waals surface area contributed by atoms with Gasteiger partial charge in [-0.1, -0.05) is 34.1 Å². The molecule has 2 amide bonds. The average Bonchev–Trinajstić information content (AvgIpc) is 2.77. The predicted molar refractivity (Wildman–Crippen MR) is 93.1 cm³/mol. The Morgan fingerprint density at radius 2 is 1.64 bits per heavy atom. The number of hydrogen-bond acceptors (Lipinski definition) is 5. The maximum Gasteiger partial charge on any atom is 0.338 e. The van der Waals surface area contributed by atoms with E-state index in [-0.39, 0.29) is 30.0 Å². The Morgan fingerprint density at radius 1 is 1.12 bits per heavy atom. The molecule has 0 aliphatic carbocycles. The quantitative estimate of drug-likeness (QED) is 0.593. The zero-order valence-corrected chi connectivity index (χ0v) is 16.3. The average molecular weight is 353 g/mol. The molecule has 0 bridgehead atoms. The van der Waals surface area contributed by atoms with Crippen LogP contribution in [0.3, 0.4) is 0 Å². The molecule has 6 heteroatoms. The van der Waals surface area contributed by atoms with Gasteiger partial charge in [0.25, 0.3) is 11.8 Å². The summed E-state index contributed by atoms with van der Waals surface area (Å²) in [5.41, 5.74) is -1.30. The van der Waals surface area contributed by atoms with E-state index >= 15 is 0 Å². The van der Waals surface area contributed by atoms with Crippen LogP contribution in [0.15, 0.2) is 0 Å². The molecule has 1 fully saturated rings. The van der Waals surface area contributed by atoms with Crippen molar-refractivity contribution in [3.05, 3.63) is 0 Å². The van der Waals surface area contributed by atoms with Gasteiger partial charge in [-0.2, -0.15) is 0 Å². The number of rotatable bonds is 9. The van der Waals surface area contributed by atoms with Gasteiger partial charge in [0.05, 0.1) is 5.41 Å². The molecule has 0 N–H and O–H groups in total. The van der Waals surface area contributed by atoms with Crippen LogP contribution >= 0.6 is 0 Å². The van der Waals surface area contributed by atoms with E-state index < -0.39 is 23.2 Å². The minimum Gasteiger partial charge on any atom is -0.330 e. The minimum atomic E-state index is -0.916. The van der Waals surface area contributed by atoms with Gasteiger partial charge in [0.15, 0.2) is 0 Å². The molecule has 0 spiro atoms. The van der Waals surface area contributed by atoms with Gasteiger partial charge >= 0.3 is 5.97 Å². The molecular formula is C19H31NO5. The van der Waals surface area contributed by atoms with Crippen molar-refractivity contribution in [3.63, 3.8) is 0 Å². The smallest absolute Gasteiger partial charge is 0.330 e. The van der Waals surface area contributed by atoms with Gasteiger partial charge in [-0.25, -0.2) is 4.79 Å². The fourth-order valence-corrected chi connectivity index (χ4v) is 3.44. The van der Waals surface area contributed by atoms with E-state index in [4.69, 9.17) is 4.84 Å². The van der Waals surface area contributed by atoms with Gasteiger partial charge in [0.2, 0.25) is 0 Å². The Hall–Kier alpha value is -1.72. The van der Waals surface area contributed by atoms with Crippen molar-refractivity contribution in [1.82, 2.24) is 5.06 Å². The molecule has 0 aromatic rings. The second-order valence-electron chi connectivity index (χ2n) is 8.52. The summed E-state index contributed by atoms with van der Waals surface area (Å²) in [4.78, 5) is 53.1. The van der Waals surface area contributed by atoms with Gasteiger partial charge in [-0.05, 0) is 32.1 Å². The van der Waals surface area contributed by atoms with E-state index in [2.05, 4.69) is 6.92 Å². The second kappa shape index (κ2) is 8.11. The lowest BCUT2D eigenvalue weighted by molar-refractivity contribution is -0.205. The van der Waals surface area contributed by atoms with Gasteiger partial charge < -0.3 is 4.84 Å². The minimum absolute atomic E-state index is 0.0131. The number of imide groups is 1. The molecular weight excluding hydrogens is 322 g/mol. The summed E-state index contributed by atoms with van der Waals surface area (Å²) in [5.74, 6) is -1.40. The third-order valence-corrected chi connectivity index (χ3v) is 4.58. The molecule has 0 aromatic heterocycles. The van der Waals surface area contributed by atoms with Crippen LogP contribution in [-0.2, 0) is 24.0 Å². The van der Waals surface area contributed by atoms with Crippen LogP contribution in [0.25, 0.3) is 0 Å². The standard InChI is InChI=1S/C19H31NO5/c1-7-8-13(2)14(21)11-18(3,4)12-19(5,6)17(24)25-20-15(22)9-10-16(20)23/h13H,7-12H2,1-6H3. The second-order valence-corrected chi connectivity index (χ2v) is 8.52. The summed E-state index contributed by atoms with van der Waals surface area (Å²) >= 11 is 0. The van der Waals surface area contributed by atoms with Gasteiger partial charge in [-0.3, -0.25) is 14.4 Å². The lowest BCUT2D eigenvalue weighted by atomic mass is 9.71. The lowest BCUT2D eigenvalue weighted by Gasteiger charge is -2.33. The Labute approximate surface area is 150 Å². The summed E-state index contributed by atoms with van der Waals surface area (Å²) in [5, 5.41) is 0.575. The van der Waals surface area contributed by atoms with E-state index in [1.807, 2.05) is 20.8 Å². The highest BCUT2D eigenvalue weighted by atomic mass is 16.7. The molecule has 142 valence electrons. The molecule has 1 saturated heterocycles. The summed E-state index contributed by atoms with van der Waals surface area (Å²) in [6.07, 6.45) is 2.76. The molecule has 1 heterocycles. The normalized spacial score (nSPS) is 17.0. The molecule has 1 atom stereocenters. The Balaban J connectivity index is 2.70. The maximum atomic E-state index is 12.5. The highest BCUT2D eigenvalue weighted by Crippen LogP contribution is 2.38. The SMILES string of the molecule is CCCC(C)C(=O)CC(C)(C)CC(C)(C)C(=O)ON1C(=O)CCC1=O. The van der Waals surface area contributed by atoms with Crippen molar-refractivity contribution in [2.45, 2.75) is 80.1 Å². The zero-order chi connectivity index (χ0) is 19.4. The summed E-state index contributed by atoms with van der Waals surface area (Å²) in [6.45, 7) is 11.3. The first-order chi connectivity index (χ1) is 11.4. The lowest BCUT2D eigenvalue weighted by Crippen LogP contribution is -2.40. The highest BCUT2D eigenvalue weighted by molar-refractivity contribution is 6.01. The number of carbonyl (C=O) groups excluding carboxylic acids is 4. The molecule has 1 rings (SSSR count). The summed E-state index contributed by atoms with van der Waals surface area (Å²) < 4.78 is 0. The first kappa shape index (κ1) is 21.3. The van der Waals surface area contributed by atoms with E-state index in [9.17, 15) is 19.2 Å². The van der Waals surface area contributed by atoms with Crippen molar-refractivity contribution in [1.29, 1.82) is 0 Å². The van der Waals surface area contributed by atoms with E-state index in [1.54, 1.807) is 13.8 Å². The van der Waals surface area contributed by atoms with Crippen molar-refractivity contribution in [3.8, 4) is 0 Å². The van der Waals surface area contributed by atoms with Crippen LogP contribution in [0.2, 0.25) is 0 Å². The molecule has 25 heavy (non-hydrogen) atoms. The van der Waals surface area contributed by atoms with Crippen molar-refractivity contribution in [2.75, 3.05) is 0 Å². The molecule has 0 saturated carbocycles. The topological polar surface area (TPSA) is 80.8 Å².